The van der Waals surface area contributed by atoms with Crippen molar-refractivity contribution < 1.29 is 292 Å². The summed E-state index contributed by atoms with van der Waals surface area (Å²) in [6, 6.07) is 0. The molecule has 0 saturated carbocycles. The van der Waals surface area contributed by atoms with Gasteiger partial charge in [-0.1, -0.05) is 0 Å². The van der Waals surface area contributed by atoms with Gasteiger partial charge in [-0.05, 0) is 58.9 Å². The predicted octanol–water partition coefficient (Wildman–Crippen LogP) is -65.4. The maximum atomic E-state index is 14.9. The molecule has 0 aromatic heterocycles. The Hall–Kier alpha value is 11.5. The molecular formula is C10H152O64Si65. The van der Waals surface area contributed by atoms with Crippen molar-refractivity contribution in [2.24, 2.45) is 0 Å². The van der Waals surface area contributed by atoms with E-state index in [0.717, 1.165) is 46.4 Å². The van der Waals surface area contributed by atoms with E-state index in [-0.39, 0.29) is 0 Å². The summed E-state index contributed by atoms with van der Waals surface area (Å²) in [4.78, 5) is 566. The molecule has 0 radical (unpaired) electrons. The van der Waals surface area contributed by atoms with Gasteiger partial charge < -0.3 is 292 Å². The Morgan fingerprint density at radius 1 is 0.187 bits per heavy atom. The van der Waals surface area contributed by atoms with Gasteiger partial charge >= 0.3 is 70.3 Å². The average molecular weight is 3120 g/mol. The molecule has 64 nitrogen and oxygen atoms in total. The van der Waals surface area contributed by atoms with E-state index in [4.69, 9.17) is 82.6 Å². The summed E-state index contributed by atoms with van der Waals surface area (Å²) in [5, 5.41) is 0. The van der Waals surface area contributed by atoms with Crippen LogP contribution in [0.1, 0.15) is 0 Å². The molecule has 129 heteroatoms. The predicted molar refractivity (Wildman–Crippen MR) is 662 cm³/mol. The molecule has 139 heavy (non-hydrogen) atoms. The van der Waals surface area contributed by atoms with Crippen molar-refractivity contribution in [2.45, 2.75) is 58.9 Å². The number of rotatable bonds is 86. The Bertz CT molecular complexity index is 3170. The van der Waals surface area contributed by atoms with Gasteiger partial charge in [-0.3, -0.25) is 0 Å². The molecule has 0 rings (SSSR count). The minimum atomic E-state index is -9.99. The van der Waals surface area contributed by atoms with Crippen molar-refractivity contribution in [3.05, 3.63) is 0 Å². The van der Waals surface area contributed by atoms with Crippen LogP contribution in [-0.2, 0) is 95.0 Å². The topological polar surface area (TPSA) is 1040 Å². The standard InChI is InChI=1S/C10H152O64Si65/c1-52-126(75,97-32)123(67-116(5,6)50,135(114-49,65-88-23)117(7,8)51)74-137(138(131(106-41,107-42)61-84-19,132(108-43,109-44)62-85-20)71-121(93-28,94-29)55-78-13,139(133(110-45,111-46)63-86-21,134(112-47,113-48)64-87-22)72-122(95-30,96-31)56-79-14)125(68-118(9,10)66-115(2,3)4,136(129(102-37,103-38)59-82-17,130(104-39,105-40)60-83-18)70-120(91-26,92-27)54-77-12)73-124(127(98-33,99-34)57-80-15,128(100-35,101-36)58-81-16)69-119(89-24,90-25)53-76-11/h11-51H,76-114H2,1-10,75H3. The zero-order valence-corrected chi connectivity index (χ0v) is 161. The van der Waals surface area contributed by atoms with Crippen LogP contribution in [0.5, 0.6) is 0 Å². The first-order valence-corrected chi connectivity index (χ1v) is 204. The molecule has 0 aliphatic rings. The SMILES string of the molecule is CO[Si]([SiH3])([SiH2]O)[Si](O[Si](C)(C)O)(O[Si]([Si](O[Si](C)(C)O[Si](C)(C)C)(O[Si](O[Si](O[SiH2]O)([SiH2]O)[SiH2]O)([Si](O[SiH2]O)([SiH2]O)[SiH2]O)[Si](O[SiH2]O)([SiH2]O)[SiH2]O)[Si](O[Si](O[SiH2]O)([SiH2]O)[SiH2]O)([Si](O[SiH2]O)([SiH2]O)[SiH2]O)[Si](O[SiH2]O)([SiH2]O)[SiH2]O)([Si](O[Si](O[SiH2]O)([SiH2]O)[SiH2]O)([Si](O[SiH2]O)([SiH2]O)[SiH2]O)[Si](O[SiH2]O)([SiH2]O)[SiH2]O)[Si](O[Si](O[SiH2]O)([SiH2]O)[SiH2]O)([Si](O[SiH2]O)([SiH2]O)[SiH2]O)[Si](O[SiH2]O)([SiH2]O)[SiH2]O)[Si](O[SiH2]O)([SiH2]O)[Si](C)(C)O. The second kappa shape index (κ2) is 66.0. The van der Waals surface area contributed by atoms with E-state index in [1.807, 2.05) is 0 Å². The highest BCUT2D eigenvalue weighted by molar-refractivity contribution is 8.35. The largest absolute Gasteiger partial charge is 0.442 e. The van der Waals surface area contributed by atoms with E-state index in [0.29, 0.717) is 0 Å². The molecule has 4 atom stereocenters. The Kier molecular flexibility index (Phi) is 71.5. The average Bonchev–Trinajstić information content (AvgIpc) is 0.610. The Morgan fingerprint density at radius 3 is 0.597 bits per heavy atom. The van der Waals surface area contributed by atoms with Crippen LogP contribution in [0.4, 0.5) is 0 Å². The van der Waals surface area contributed by atoms with E-state index >= 15 is 0 Å². The molecule has 0 amide bonds. The van der Waals surface area contributed by atoms with Crippen LogP contribution >= 0.6 is 0 Å². The fourth-order valence-electron chi connectivity index (χ4n) is 17.5. The lowest BCUT2D eigenvalue weighted by Gasteiger charge is -2.78. The van der Waals surface area contributed by atoms with E-state index in [9.17, 15) is 209 Å². The molecule has 0 spiro atoms. The first-order valence-electron chi connectivity index (χ1n) is 41.4. The molecule has 0 aromatic carbocycles. The fourth-order valence-corrected chi connectivity index (χ4v) is 1340. The maximum absolute atomic E-state index is 14.9. The van der Waals surface area contributed by atoms with Crippen molar-refractivity contribution in [2.75, 3.05) is 7.11 Å². The maximum Gasteiger partial charge on any atom is 0.338 e. The van der Waals surface area contributed by atoms with Gasteiger partial charge in [0.15, 0.2) is 175 Å². The van der Waals surface area contributed by atoms with E-state index in [2.05, 4.69) is 0 Å². The van der Waals surface area contributed by atoms with Gasteiger partial charge in [0.05, 0.1) is 0 Å². The molecule has 0 bridgehead atoms. The molecule has 0 heterocycles. The summed E-state index contributed by atoms with van der Waals surface area (Å²) < 4.78 is 177. The quantitative estimate of drug-likeness (QED) is 0.0251. The lowest BCUT2D eigenvalue weighted by molar-refractivity contribution is 0.288. The van der Waals surface area contributed by atoms with Crippen molar-refractivity contribution in [1.29, 1.82) is 0 Å². The molecule has 0 aromatic rings. The Labute approximate surface area is 910 Å². The second-order valence-corrected chi connectivity index (χ2v) is 413. The molecule has 836 valence electrons. The fraction of sp³-hybridized carbons (Fsp3) is 1.00. The zero-order chi connectivity index (χ0) is 108. The molecule has 0 aliphatic heterocycles. The highest BCUT2D eigenvalue weighted by Gasteiger charge is 3.09. The minimum Gasteiger partial charge on any atom is -0.442 e. The summed E-state index contributed by atoms with van der Waals surface area (Å²) in [5.74, 6) is 0. The number of hydrogen-bond acceptors (Lipinski definition) is 64. The van der Waals surface area contributed by atoms with Crippen LogP contribution in [0.15, 0.2) is 0 Å². The van der Waals surface area contributed by atoms with Crippen LogP contribution < -0.4 is 0 Å². The van der Waals surface area contributed by atoms with Gasteiger partial charge in [0.25, 0.3) is 164 Å². The van der Waals surface area contributed by atoms with Gasteiger partial charge in [-0.15, -0.1) is 0 Å². The van der Waals surface area contributed by atoms with E-state index < -0.39 is 564 Å². The summed E-state index contributed by atoms with van der Waals surface area (Å²) in [7, 11) is -242. The minimum absolute atomic E-state index is 0.778. The van der Waals surface area contributed by atoms with Crippen molar-refractivity contribution in [1.82, 2.24) is 0 Å². The lowest BCUT2D eigenvalue weighted by atomic mass is 11.8. The first kappa shape index (κ1) is 151. The third-order valence-corrected chi connectivity index (χ3v) is 723. The van der Waals surface area contributed by atoms with Crippen LogP contribution in [-0.4, -0.2) is 768 Å². The monoisotopic (exact) mass is 3120 g/mol. The molecule has 0 fully saturated rings. The molecule has 41 N–H and O–H groups in total. The first-order chi connectivity index (χ1) is 65.0. The lowest BCUT2D eigenvalue weighted by Crippen LogP contribution is -3.22. The van der Waals surface area contributed by atoms with Crippen LogP contribution in [0.2, 0.25) is 58.9 Å². The summed E-state index contributed by atoms with van der Waals surface area (Å²) in [5.41, 5.74) is 0. The highest BCUT2D eigenvalue weighted by Crippen LogP contribution is 2.62. The summed E-state index contributed by atoms with van der Waals surface area (Å²) in [6.07, 6.45) is 0. The third-order valence-electron chi connectivity index (χ3n) is 23.8. The Balaban J connectivity index is 19.9. The van der Waals surface area contributed by atoms with Crippen LogP contribution in [0, 0.1) is 0 Å². The molecule has 0 aliphatic carbocycles. The van der Waals surface area contributed by atoms with E-state index in [1.165, 1.54) is 19.6 Å². The highest BCUT2D eigenvalue weighted by atomic mass is 30.6. The zero-order valence-electron chi connectivity index (χ0n) is 78.8. The van der Waals surface area contributed by atoms with Crippen molar-refractivity contribution in [3.63, 3.8) is 0 Å². The number of hydrogen-bond donors (Lipinski definition) is 41. The van der Waals surface area contributed by atoms with Gasteiger partial charge in [0.2, 0.25) is 144 Å². The smallest absolute Gasteiger partial charge is 0.338 e. The van der Waals surface area contributed by atoms with Crippen molar-refractivity contribution in [3.8, 4) is 0 Å². The van der Waals surface area contributed by atoms with Gasteiger partial charge in [-0.2, -0.15) is 0 Å². The van der Waals surface area contributed by atoms with Crippen LogP contribution in [0.25, 0.3) is 0 Å². The van der Waals surface area contributed by atoms with Crippen molar-refractivity contribution >= 4 is 564 Å². The van der Waals surface area contributed by atoms with E-state index in [1.54, 1.807) is 0 Å². The van der Waals surface area contributed by atoms with Gasteiger partial charge in [0.1, 0.15) is 0 Å². The Morgan fingerprint density at radius 2 is 0.410 bits per heavy atom. The second-order valence-electron chi connectivity index (χ2n) is 33.5. The van der Waals surface area contributed by atoms with Crippen LogP contribution in [0.3, 0.4) is 0 Å². The normalized spacial score (nSPS) is 25.7. The summed E-state index contributed by atoms with van der Waals surface area (Å²) >= 11 is 0. The third kappa shape index (κ3) is 29.3. The molecular weight excluding hydrogens is 2970 g/mol. The van der Waals surface area contributed by atoms with Gasteiger partial charge in [0, 0.05) is 16.9 Å². The summed E-state index contributed by atoms with van der Waals surface area (Å²) in [6.45, 7) is -98.1. The molecule has 0 saturated heterocycles. The molecule has 4 unspecified atom stereocenters. The van der Waals surface area contributed by atoms with Gasteiger partial charge in [-0.25, -0.2) is 0 Å².